The number of rotatable bonds is 5. The summed E-state index contributed by atoms with van der Waals surface area (Å²) in [6.07, 6.45) is 0.848. The second kappa shape index (κ2) is 7.79. The SMILES string of the molecule is CCC(C)NC(=O)c1cccc(C(=O)Nc2cccc(Cl)c2)c1. The fourth-order valence-corrected chi connectivity index (χ4v) is 2.17. The number of amides is 2. The van der Waals surface area contributed by atoms with Crippen LogP contribution in [0.5, 0.6) is 0 Å². The molecule has 2 N–H and O–H groups in total. The van der Waals surface area contributed by atoms with E-state index in [9.17, 15) is 9.59 Å². The molecule has 0 heterocycles. The van der Waals surface area contributed by atoms with Gasteiger partial charge in [-0.3, -0.25) is 9.59 Å². The van der Waals surface area contributed by atoms with E-state index in [2.05, 4.69) is 10.6 Å². The molecule has 0 aliphatic rings. The van der Waals surface area contributed by atoms with Gasteiger partial charge in [0.15, 0.2) is 0 Å². The standard InChI is InChI=1S/C18H19ClN2O2/c1-3-12(2)20-17(22)13-6-4-7-14(10-13)18(23)21-16-9-5-8-15(19)11-16/h4-12H,3H2,1-2H3,(H,20,22)(H,21,23). The monoisotopic (exact) mass is 330 g/mol. The van der Waals surface area contributed by atoms with Gasteiger partial charge in [-0.05, 0) is 49.7 Å². The molecule has 23 heavy (non-hydrogen) atoms. The number of benzene rings is 2. The molecule has 0 spiro atoms. The molecule has 2 aromatic carbocycles. The van der Waals surface area contributed by atoms with Gasteiger partial charge in [-0.15, -0.1) is 0 Å². The third-order valence-electron chi connectivity index (χ3n) is 3.46. The van der Waals surface area contributed by atoms with Gasteiger partial charge in [0.25, 0.3) is 11.8 Å². The zero-order valence-electron chi connectivity index (χ0n) is 13.1. The highest BCUT2D eigenvalue weighted by Crippen LogP contribution is 2.16. The number of carbonyl (C=O) groups is 2. The van der Waals surface area contributed by atoms with Crippen molar-refractivity contribution in [2.24, 2.45) is 0 Å². The van der Waals surface area contributed by atoms with Gasteiger partial charge in [-0.25, -0.2) is 0 Å². The first-order chi connectivity index (χ1) is 11.0. The van der Waals surface area contributed by atoms with Gasteiger partial charge in [-0.2, -0.15) is 0 Å². The summed E-state index contributed by atoms with van der Waals surface area (Å²) in [4.78, 5) is 24.4. The minimum absolute atomic E-state index is 0.0893. The Kier molecular flexibility index (Phi) is 5.77. The van der Waals surface area contributed by atoms with Gasteiger partial charge in [0.05, 0.1) is 0 Å². The average Bonchev–Trinajstić information content (AvgIpc) is 2.54. The lowest BCUT2D eigenvalue weighted by atomic mass is 10.1. The van der Waals surface area contributed by atoms with E-state index in [1.807, 2.05) is 13.8 Å². The molecule has 4 nitrogen and oxygen atoms in total. The van der Waals surface area contributed by atoms with Crippen LogP contribution in [-0.2, 0) is 0 Å². The Morgan fingerprint density at radius 1 is 1.04 bits per heavy atom. The minimum Gasteiger partial charge on any atom is -0.350 e. The first kappa shape index (κ1) is 17.0. The van der Waals surface area contributed by atoms with E-state index < -0.39 is 0 Å². The maximum Gasteiger partial charge on any atom is 0.255 e. The number of hydrogen-bond acceptors (Lipinski definition) is 2. The second-order valence-corrected chi connectivity index (χ2v) is 5.76. The van der Waals surface area contributed by atoms with Gasteiger partial charge in [-0.1, -0.05) is 30.7 Å². The van der Waals surface area contributed by atoms with E-state index in [1.54, 1.807) is 48.5 Å². The molecule has 1 atom stereocenters. The number of hydrogen-bond donors (Lipinski definition) is 2. The van der Waals surface area contributed by atoms with Gasteiger partial charge >= 0.3 is 0 Å². The first-order valence-electron chi connectivity index (χ1n) is 7.47. The zero-order valence-corrected chi connectivity index (χ0v) is 13.9. The van der Waals surface area contributed by atoms with Crippen LogP contribution >= 0.6 is 11.6 Å². The van der Waals surface area contributed by atoms with Crippen molar-refractivity contribution in [2.75, 3.05) is 5.32 Å². The highest BCUT2D eigenvalue weighted by atomic mass is 35.5. The molecular weight excluding hydrogens is 312 g/mol. The molecule has 2 rings (SSSR count). The number of anilines is 1. The second-order valence-electron chi connectivity index (χ2n) is 5.33. The molecule has 0 saturated carbocycles. The summed E-state index contributed by atoms with van der Waals surface area (Å²) in [5.74, 6) is -0.470. The van der Waals surface area contributed by atoms with Crippen LogP contribution in [0.4, 0.5) is 5.69 Å². The Hall–Kier alpha value is -2.33. The molecule has 1 unspecified atom stereocenters. The van der Waals surface area contributed by atoms with E-state index in [4.69, 9.17) is 11.6 Å². The van der Waals surface area contributed by atoms with Gasteiger partial charge in [0.1, 0.15) is 0 Å². The zero-order chi connectivity index (χ0) is 16.8. The Morgan fingerprint density at radius 3 is 2.35 bits per heavy atom. The van der Waals surface area contributed by atoms with Crippen LogP contribution in [0, 0.1) is 0 Å². The summed E-state index contributed by atoms with van der Waals surface area (Å²) in [6, 6.07) is 13.6. The fraction of sp³-hybridized carbons (Fsp3) is 0.222. The summed E-state index contributed by atoms with van der Waals surface area (Å²) in [5, 5.41) is 6.19. The number of halogens is 1. The molecule has 5 heteroatoms. The summed E-state index contributed by atoms with van der Waals surface area (Å²) in [6.45, 7) is 3.94. The van der Waals surface area contributed by atoms with Crippen molar-refractivity contribution in [2.45, 2.75) is 26.3 Å². The summed E-state index contributed by atoms with van der Waals surface area (Å²) in [7, 11) is 0. The molecule has 120 valence electrons. The Balaban J connectivity index is 2.12. The molecule has 0 bridgehead atoms. The molecule has 2 aromatic rings. The lowest BCUT2D eigenvalue weighted by Gasteiger charge is -2.12. The lowest BCUT2D eigenvalue weighted by Crippen LogP contribution is -2.32. The largest absolute Gasteiger partial charge is 0.350 e. The summed E-state index contributed by atoms with van der Waals surface area (Å²) >= 11 is 5.90. The smallest absolute Gasteiger partial charge is 0.255 e. The predicted molar refractivity (Wildman–Crippen MR) is 93.1 cm³/mol. The highest BCUT2D eigenvalue weighted by molar-refractivity contribution is 6.31. The normalized spacial score (nSPS) is 11.6. The van der Waals surface area contributed by atoms with Crippen molar-refractivity contribution in [3.8, 4) is 0 Å². The van der Waals surface area contributed by atoms with Gasteiger partial charge < -0.3 is 10.6 Å². The Bertz CT molecular complexity index is 716. The molecule has 0 radical (unpaired) electrons. The fourth-order valence-electron chi connectivity index (χ4n) is 1.98. The summed E-state index contributed by atoms with van der Waals surface area (Å²) in [5.41, 5.74) is 1.49. The first-order valence-corrected chi connectivity index (χ1v) is 7.85. The van der Waals surface area contributed by atoms with Crippen molar-refractivity contribution >= 4 is 29.1 Å². The topological polar surface area (TPSA) is 58.2 Å². The molecule has 2 amide bonds. The van der Waals surface area contributed by atoms with Crippen LogP contribution in [0.3, 0.4) is 0 Å². The van der Waals surface area contributed by atoms with E-state index in [-0.39, 0.29) is 17.9 Å². The summed E-state index contributed by atoms with van der Waals surface area (Å²) < 4.78 is 0. The predicted octanol–water partition coefficient (Wildman–Crippen LogP) is 4.12. The average molecular weight is 331 g/mol. The Labute approximate surface area is 140 Å². The maximum atomic E-state index is 12.3. The highest BCUT2D eigenvalue weighted by Gasteiger charge is 2.12. The lowest BCUT2D eigenvalue weighted by molar-refractivity contribution is 0.0939. The van der Waals surface area contributed by atoms with Gasteiger partial charge in [0.2, 0.25) is 0 Å². The van der Waals surface area contributed by atoms with E-state index >= 15 is 0 Å². The molecule has 0 aromatic heterocycles. The van der Waals surface area contributed by atoms with E-state index in [0.29, 0.717) is 21.8 Å². The molecular formula is C18H19ClN2O2. The van der Waals surface area contributed by atoms with E-state index in [1.165, 1.54) is 0 Å². The van der Waals surface area contributed by atoms with Crippen LogP contribution in [0.2, 0.25) is 5.02 Å². The Morgan fingerprint density at radius 2 is 1.70 bits per heavy atom. The minimum atomic E-state index is -0.287. The van der Waals surface area contributed by atoms with E-state index in [0.717, 1.165) is 6.42 Å². The van der Waals surface area contributed by atoms with Crippen LogP contribution in [0.25, 0.3) is 0 Å². The molecule has 0 aliphatic carbocycles. The van der Waals surface area contributed by atoms with Crippen LogP contribution in [-0.4, -0.2) is 17.9 Å². The maximum absolute atomic E-state index is 12.3. The molecule has 0 fully saturated rings. The third kappa shape index (κ3) is 4.83. The third-order valence-corrected chi connectivity index (χ3v) is 3.69. The molecule has 0 aliphatic heterocycles. The van der Waals surface area contributed by atoms with Crippen molar-refractivity contribution in [1.82, 2.24) is 5.32 Å². The van der Waals surface area contributed by atoms with Gasteiger partial charge in [0, 0.05) is 27.9 Å². The molecule has 0 saturated heterocycles. The van der Waals surface area contributed by atoms with Crippen molar-refractivity contribution in [3.05, 3.63) is 64.7 Å². The quantitative estimate of drug-likeness (QED) is 0.866. The van der Waals surface area contributed by atoms with Crippen LogP contribution < -0.4 is 10.6 Å². The van der Waals surface area contributed by atoms with Crippen molar-refractivity contribution in [1.29, 1.82) is 0 Å². The number of nitrogens with one attached hydrogen (secondary N) is 2. The van der Waals surface area contributed by atoms with Crippen LogP contribution in [0.15, 0.2) is 48.5 Å². The van der Waals surface area contributed by atoms with Crippen molar-refractivity contribution in [3.63, 3.8) is 0 Å². The number of carbonyl (C=O) groups excluding carboxylic acids is 2. The van der Waals surface area contributed by atoms with Crippen molar-refractivity contribution < 1.29 is 9.59 Å². The van der Waals surface area contributed by atoms with Crippen LogP contribution in [0.1, 0.15) is 41.0 Å².